The summed E-state index contributed by atoms with van der Waals surface area (Å²) in [5.74, 6) is 0.675. The van der Waals surface area contributed by atoms with Gasteiger partial charge in [-0.1, -0.05) is 6.92 Å². The summed E-state index contributed by atoms with van der Waals surface area (Å²) in [5.41, 5.74) is 1.20. The van der Waals surface area contributed by atoms with Gasteiger partial charge in [0.25, 0.3) is 5.56 Å². The second kappa shape index (κ2) is 8.40. The highest BCUT2D eigenvalue weighted by Gasteiger charge is 2.20. The Morgan fingerprint density at radius 2 is 2.20 bits per heavy atom. The maximum atomic E-state index is 12.6. The Morgan fingerprint density at radius 1 is 1.40 bits per heavy atom. The number of aliphatic hydroxyl groups is 1. The minimum absolute atomic E-state index is 0.0201. The van der Waals surface area contributed by atoms with Gasteiger partial charge in [-0.15, -0.1) is 11.3 Å². The predicted octanol–water partition coefficient (Wildman–Crippen LogP) is 2.08. The number of aromatic nitrogens is 2. The van der Waals surface area contributed by atoms with Crippen LogP contribution in [0.25, 0.3) is 10.2 Å². The lowest BCUT2D eigenvalue weighted by Crippen LogP contribution is -2.35. The summed E-state index contributed by atoms with van der Waals surface area (Å²) < 4.78 is 5.01. The Bertz CT molecular complexity index is 771. The molecule has 25 heavy (non-hydrogen) atoms. The lowest BCUT2D eigenvalue weighted by atomic mass is 9.97. The van der Waals surface area contributed by atoms with E-state index in [-0.39, 0.29) is 5.56 Å². The lowest BCUT2D eigenvalue weighted by molar-refractivity contribution is 0.0353. The van der Waals surface area contributed by atoms with E-state index in [1.807, 2.05) is 0 Å². The van der Waals surface area contributed by atoms with E-state index in [1.54, 1.807) is 18.4 Å². The highest BCUT2D eigenvalue weighted by Crippen LogP contribution is 2.33. The fourth-order valence-corrected chi connectivity index (χ4v) is 4.87. The van der Waals surface area contributed by atoms with Gasteiger partial charge in [0.15, 0.2) is 0 Å². The van der Waals surface area contributed by atoms with E-state index in [2.05, 4.69) is 16.8 Å². The van der Waals surface area contributed by atoms with Crippen molar-refractivity contribution in [2.75, 3.05) is 26.8 Å². The fourth-order valence-electron chi connectivity index (χ4n) is 3.59. The summed E-state index contributed by atoms with van der Waals surface area (Å²) in [5, 5.41) is 10.8. The molecule has 3 rings (SSSR count). The van der Waals surface area contributed by atoms with E-state index in [0.717, 1.165) is 42.4 Å². The van der Waals surface area contributed by atoms with Crippen LogP contribution < -0.4 is 5.56 Å². The maximum absolute atomic E-state index is 12.6. The average molecular weight is 365 g/mol. The largest absolute Gasteiger partial charge is 0.389 e. The molecule has 2 heterocycles. The summed E-state index contributed by atoms with van der Waals surface area (Å²) in [6, 6.07) is 0. The van der Waals surface area contributed by atoms with E-state index in [1.165, 1.54) is 16.9 Å². The zero-order valence-corrected chi connectivity index (χ0v) is 15.8. The Hall–Kier alpha value is -1.28. The molecule has 0 fully saturated rings. The molecule has 138 valence electrons. The molecule has 6 nitrogen and oxygen atoms in total. The zero-order chi connectivity index (χ0) is 17.8. The Morgan fingerprint density at radius 3 is 2.96 bits per heavy atom. The summed E-state index contributed by atoms with van der Waals surface area (Å²) in [6.07, 6.45) is 4.84. The second-order valence-electron chi connectivity index (χ2n) is 6.75. The molecule has 0 spiro atoms. The van der Waals surface area contributed by atoms with Gasteiger partial charge in [0, 0.05) is 18.5 Å². The SMILES string of the molecule is CCCN(Cc1nc2sc3c(c2c(=O)[nH]1)CCCC3)C[C@@H](O)COC. The second-order valence-corrected chi connectivity index (χ2v) is 7.83. The molecular formula is C18H27N3O3S. The van der Waals surface area contributed by atoms with Crippen molar-refractivity contribution in [1.82, 2.24) is 14.9 Å². The van der Waals surface area contributed by atoms with Crippen molar-refractivity contribution < 1.29 is 9.84 Å². The molecule has 0 saturated carbocycles. The molecule has 0 bridgehead atoms. The molecule has 2 aromatic rings. The minimum Gasteiger partial charge on any atom is -0.389 e. The third kappa shape index (κ3) is 4.28. The van der Waals surface area contributed by atoms with Gasteiger partial charge in [-0.2, -0.15) is 0 Å². The van der Waals surface area contributed by atoms with Crippen molar-refractivity contribution in [2.24, 2.45) is 0 Å². The van der Waals surface area contributed by atoms with E-state index in [4.69, 9.17) is 9.72 Å². The molecule has 2 N–H and O–H groups in total. The fraction of sp³-hybridized carbons (Fsp3) is 0.667. The molecule has 1 aliphatic carbocycles. The summed E-state index contributed by atoms with van der Waals surface area (Å²) in [7, 11) is 1.58. The Labute approximate surface area is 151 Å². The highest BCUT2D eigenvalue weighted by atomic mass is 32.1. The number of aliphatic hydroxyl groups excluding tert-OH is 1. The quantitative estimate of drug-likeness (QED) is 0.749. The number of hydrogen-bond acceptors (Lipinski definition) is 6. The first-order valence-electron chi connectivity index (χ1n) is 9.05. The van der Waals surface area contributed by atoms with E-state index in [9.17, 15) is 9.90 Å². The van der Waals surface area contributed by atoms with Crippen LogP contribution in [0.3, 0.4) is 0 Å². The molecular weight excluding hydrogens is 338 g/mol. The van der Waals surface area contributed by atoms with Gasteiger partial charge in [0.1, 0.15) is 10.7 Å². The number of nitrogens with zero attached hydrogens (tertiary/aromatic N) is 2. The predicted molar refractivity (Wildman–Crippen MR) is 100 cm³/mol. The number of H-pyrrole nitrogens is 1. The average Bonchev–Trinajstić information content (AvgIpc) is 2.93. The van der Waals surface area contributed by atoms with Gasteiger partial charge in [0.2, 0.25) is 0 Å². The molecule has 1 aliphatic rings. The standard InChI is InChI=1S/C18H27N3O3S/c1-3-8-21(9-12(22)11-24-2)10-15-19-17(23)16-13-6-4-5-7-14(13)25-18(16)20-15/h12,22H,3-11H2,1-2H3,(H,19,20,23)/t12-/m1/s1. The van der Waals surface area contributed by atoms with Crippen LogP contribution in [-0.4, -0.2) is 52.9 Å². The Kier molecular flexibility index (Phi) is 6.22. The smallest absolute Gasteiger partial charge is 0.259 e. The van der Waals surface area contributed by atoms with Gasteiger partial charge < -0.3 is 14.8 Å². The molecule has 7 heteroatoms. The first-order valence-corrected chi connectivity index (χ1v) is 9.86. The monoisotopic (exact) mass is 365 g/mol. The molecule has 0 saturated heterocycles. The summed E-state index contributed by atoms with van der Waals surface area (Å²) in [4.78, 5) is 24.6. The maximum Gasteiger partial charge on any atom is 0.259 e. The van der Waals surface area contributed by atoms with Gasteiger partial charge in [-0.05, 0) is 44.2 Å². The molecule has 0 aromatic carbocycles. The Balaban J connectivity index is 1.83. The van der Waals surface area contributed by atoms with Crippen LogP contribution >= 0.6 is 11.3 Å². The number of thiophene rings is 1. The van der Waals surface area contributed by atoms with Crippen LogP contribution in [0.4, 0.5) is 0 Å². The summed E-state index contributed by atoms with van der Waals surface area (Å²) >= 11 is 1.67. The van der Waals surface area contributed by atoms with Gasteiger partial charge in [-0.3, -0.25) is 9.69 Å². The van der Waals surface area contributed by atoms with Crippen LogP contribution in [0.5, 0.6) is 0 Å². The number of aryl methyl sites for hydroxylation is 2. The number of rotatable bonds is 8. The molecule has 0 radical (unpaired) electrons. The number of aromatic amines is 1. The molecule has 2 aromatic heterocycles. The van der Waals surface area contributed by atoms with Crippen molar-refractivity contribution >= 4 is 21.6 Å². The minimum atomic E-state index is -0.541. The van der Waals surface area contributed by atoms with E-state index in [0.29, 0.717) is 25.5 Å². The van der Waals surface area contributed by atoms with Gasteiger partial charge >= 0.3 is 0 Å². The van der Waals surface area contributed by atoms with Crippen LogP contribution in [0, 0.1) is 0 Å². The van der Waals surface area contributed by atoms with Crippen molar-refractivity contribution in [3.05, 3.63) is 26.6 Å². The third-order valence-electron chi connectivity index (χ3n) is 4.62. The summed E-state index contributed by atoms with van der Waals surface area (Å²) in [6.45, 7) is 4.28. The van der Waals surface area contributed by atoms with Gasteiger partial charge in [0.05, 0.1) is 24.6 Å². The van der Waals surface area contributed by atoms with E-state index < -0.39 is 6.10 Å². The van der Waals surface area contributed by atoms with Crippen molar-refractivity contribution in [3.63, 3.8) is 0 Å². The zero-order valence-electron chi connectivity index (χ0n) is 15.0. The number of methoxy groups -OCH3 is 1. The first kappa shape index (κ1) is 18.5. The third-order valence-corrected chi connectivity index (χ3v) is 5.80. The highest BCUT2D eigenvalue weighted by molar-refractivity contribution is 7.18. The number of hydrogen-bond donors (Lipinski definition) is 2. The molecule has 0 aliphatic heterocycles. The van der Waals surface area contributed by atoms with Gasteiger partial charge in [-0.25, -0.2) is 4.98 Å². The van der Waals surface area contributed by atoms with Crippen LogP contribution in [0.2, 0.25) is 0 Å². The molecule has 0 unspecified atom stereocenters. The molecule has 1 atom stereocenters. The van der Waals surface area contributed by atoms with Crippen LogP contribution in [0.1, 0.15) is 42.5 Å². The van der Waals surface area contributed by atoms with Crippen LogP contribution in [0.15, 0.2) is 4.79 Å². The van der Waals surface area contributed by atoms with Crippen molar-refractivity contribution in [2.45, 2.75) is 51.7 Å². The first-order chi connectivity index (χ1) is 12.1. The number of ether oxygens (including phenoxy) is 1. The van der Waals surface area contributed by atoms with Crippen molar-refractivity contribution in [1.29, 1.82) is 0 Å². The topological polar surface area (TPSA) is 78.5 Å². The van der Waals surface area contributed by atoms with Crippen LogP contribution in [-0.2, 0) is 24.1 Å². The van der Waals surface area contributed by atoms with E-state index >= 15 is 0 Å². The normalized spacial score (nSPS) is 15.7. The number of nitrogens with one attached hydrogen (secondary N) is 1. The number of fused-ring (bicyclic) bond motifs is 3. The van der Waals surface area contributed by atoms with Crippen molar-refractivity contribution in [3.8, 4) is 0 Å². The lowest BCUT2D eigenvalue weighted by Gasteiger charge is -2.23. The molecule has 0 amide bonds.